The number of hydrogen-bond donors (Lipinski definition) is 3. The molecule has 0 saturated carbocycles. The number of β-amino-alcohol motifs (C(OH)–C–C–N with tert-alkyl or cyclic N) is 1. The number of aliphatic hydroxyl groups excluding tert-OH is 1. The summed E-state index contributed by atoms with van der Waals surface area (Å²) in [6.07, 6.45) is 3.00. The first-order chi connectivity index (χ1) is 9.97. The van der Waals surface area contributed by atoms with Crippen molar-refractivity contribution in [1.82, 2.24) is 15.1 Å². The number of nitrogens with one attached hydrogen (secondary N) is 1. The van der Waals surface area contributed by atoms with E-state index in [4.69, 9.17) is 5.11 Å². The molecule has 2 fully saturated rings. The van der Waals surface area contributed by atoms with Gasteiger partial charge in [-0.1, -0.05) is 6.42 Å². The number of carboxylic acids is 1. The maximum Gasteiger partial charge on any atom is 0.326 e. The van der Waals surface area contributed by atoms with Crippen LogP contribution < -0.4 is 5.32 Å². The van der Waals surface area contributed by atoms with Gasteiger partial charge in [0.1, 0.15) is 6.04 Å². The maximum atomic E-state index is 12.2. The molecule has 0 aliphatic carbocycles. The lowest BCUT2D eigenvalue weighted by Crippen LogP contribution is -2.51. The molecule has 2 amide bonds. The third-order valence-corrected chi connectivity index (χ3v) is 4.18. The Labute approximate surface area is 124 Å². The fraction of sp³-hybridized carbons (Fsp3) is 0.857. The first-order valence-corrected chi connectivity index (χ1v) is 7.67. The van der Waals surface area contributed by atoms with Gasteiger partial charge in [-0.15, -0.1) is 0 Å². The van der Waals surface area contributed by atoms with Gasteiger partial charge in [0.2, 0.25) is 0 Å². The Bertz CT molecular complexity index is 384. The first-order valence-electron chi connectivity index (χ1n) is 7.67. The van der Waals surface area contributed by atoms with Crippen molar-refractivity contribution in [3.8, 4) is 0 Å². The Balaban J connectivity index is 1.83. The average Bonchev–Trinajstić information content (AvgIpc) is 2.82. The number of aliphatic carboxylic acids is 1. The predicted molar refractivity (Wildman–Crippen MR) is 77.0 cm³/mol. The molecule has 2 aliphatic rings. The minimum Gasteiger partial charge on any atom is -0.480 e. The third kappa shape index (κ3) is 4.31. The van der Waals surface area contributed by atoms with Gasteiger partial charge < -0.3 is 25.3 Å². The summed E-state index contributed by atoms with van der Waals surface area (Å²) in [6.45, 7) is 4.90. The van der Waals surface area contributed by atoms with Crippen molar-refractivity contribution in [3.05, 3.63) is 0 Å². The van der Waals surface area contributed by atoms with Crippen molar-refractivity contribution >= 4 is 12.0 Å². The highest BCUT2D eigenvalue weighted by Gasteiger charge is 2.39. The van der Waals surface area contributed by atoms with Gasteiger partial charge in [0, 0.05) is 25.6 Å². The number of carboxylic acid groups (broad SMARTS) is 1. The molecule has 1 unspecified atom stereocenters. The summed E-state index contributed by atoms with van der Waals surface area (Å²) in [5, 5.41) is 21.5. The summed E-state index contributed by atoms with van der Waals surface area (Å²) < 4.78 is 0. The molecule has 2 heterocycles. The number of rotatable bonds is 4. The van der Waals surface area contributed by atoms with Crippen molar-refractivity contribution in [2.75, 3.05) is 26.2 Å². The highest BCUT2D eigenvalue weighted by atomic mass is 16.4. The molecular formula is C14H25N3O4. The van der Waals surface area contributed by atoms with Crippen LogP contribution in [0.2, 0.25) is 0 Å². The number of nitrogens with zero attached hydrogens (tertiary/aromatic N) is 2. The number of urea groups is 1. The average molecular weight is 299 g/mol. The molecular weight excluding hydrogens is 274 g/mol. The Hall–Kier alpha value is -1.34. The zero-order chi connectivity index (χ0) is 15.4. The number of amides is 2. The van der Waals surface area contributed by atoms with E-state index in [1.807, 2.05) is 6.92 Å². The molecule has 2 rings (SSSR count). The van der Waals surface area contributed by atoms with Crippen molar-refractivity contribution in [3.63, 3.8) is 0 Å². The number of aliphatic hydroxyl groups is 1. The molecule has 7 heteroatoms. The number of likely N-dealkylation sites (tertiary alicyclic amines) is 2. The van der Waals surface area contributed by atoms with Crippen LogP contribution in [0.5, 0.6) is 0 Å². The SMILES string of the molecule is CC(CN1CCCCC1)NC(=O)N1C[C@@H](O)C[C@H]1C(=O)O. The fourth-order valence-corrected chi connectivity index (χ4v) is 3.14. The summed E-state index contributed by atoms with van der Waals surface area (Å²) >= 11 is 0. The molecule has 0 aromatic carbocycles. The summed E-state index contributed by atoms with van der Waals surface area (Å²) in [5.74, 6) is -1.06. The molecule has 0 aromatic heterocycles. The highest BCUT2D eigenvalue weighted by Crippen LogP contribution is 2.18. The largest absolute Gasteiger partial charge is 0.480 e. The molecule has 0 radical (unpaired) electrons. The van der Waals surface area contributed by atoms with E-state index < -0.39 is 24.1 Å². The van der Waals surface area contributed by atoms with Crippen LogP contribution in [0.25, 0.3) is 0 Å². The lowest BCUT2D eigenvalue weighted by molar-refractivity contribution is -0.141. The molecule has 3 atom stereocenters. The van der Waals surface area contributed by atoms with Gasteiger partial charge in [0.05, 0.1) is 6.10 Å². The van der Waals surface area contributed by atoms with Crippen LogP contribution in [0.3, 0.4) is 0 Å². The first kappa shape index (κ1) is 16.0. The third-order valence-electron chi connectivity index (χ3n) is 4.18. The van der Waals surface area contributed by atoms with Gasteiger partial charge in [-0.05, 0) is 32.9 Å². The molecule has 7 nitrogen and oxygen atoms in total. The number of carbonyl (C=O) groups is 2. The van der Waals surface area contributed by atoms with Crippen molar-refractivity contribution in [2.45, 2.75) is 50.8 Å². The van der Waals surface area contributed by atoms with Gasteiger partial charge in [-0.2, -0.15) is 0 Å². The minimum absolute atomic E-state index is 0.0391. The van der Waals surface area contributed by atoms with E-state index in [0.717, 1.165) is 19.6 Å². The van der Waals surface area contributed by atoms with E-state index in [0.29, 0.717) is 0 Å². The number of piperidine rings is 1. The molecule has 3 N–H and O–H groups in total. The molecule has 0 bridgehead atoms. The summed E-state index contributed by atoms with van der Waals surface area (Å²) in [7, 11) is 0. The number of carbonyl (C=O) groups excluding carboxylic acids is 1. The summed E-state index contributed by atoms with van der Waals surface area (Å²) in [6, 6.07) is -1.37. The van der Waals surface area contributed by atoms with Crippen LogP contribution in [0.4, 0.5) is 4.79 Å². The predicted octanol–water partition coefficient (Wildman–Crippen LogP) is 0.0902. The van der Waals surface area contributed by atoms with Crippen LogP contribution >= 0.6 is 0 Å². The smallest absolute Gasteiger partial charge is 0.326 e. The lowest BCUT2D eigenvalue weighted by atomic mass is 10.1. The number of hydrogen-bond acceptors (Lipinski definition) is 4. The van der Waals surface area contributed by atoms with Crippen LogP contribution in [0.1, 0.15) is 32.6 Å². The van der Waals surface area contributed by atoms with Crippen molar-refractivity contribution in [2.24, 2.45) is 0 Å². The molecule has 2 saturated heterocycles. The second-order valence-electron chi connectivity index (χ2n) is 6.11. The van der Waals surface area contributed by atoms with E-state index in [2.05, 4.69) is 10.2 Å². The topological polar surface area (TPSA) is 93.1 Å². The monoisotopic (exact) mass is 299 g/mol. The van der Waals surface area contributed by atoms with Crippen LogP contribution in [-0.2, 0) is 4.79 Å². The molecule has 0 spiro atoms. The second-order valence-corrected chi connectivity index (χ2v) is 6.11. The van der Waals surface area contributed by atoms with E-state index in [9.17, 15) is 14.7 Å². The highest BCUT2D eigenvalue weighted by molar-refractivity contribution is 5.83. The zero-order valence-electron chi connectivity index (χ0n) is 12.5. The Morgan fingerprint density at radius 1 is 1.29 bits per heavy atom. The van der Waals surface area contributed by atoms with Gasteiger partial charge in [0.15, 0.2) is 0 Å². The standard InChI is InChI=1S/C14H25N3O4/c1-10(8-16-5-3-2-4-6-16)15-14(21)17-9-11(18)7-12(17)13(19)20/h10-12,18H,2-9H2,1H3,(H,15,21)(H,19,20)/t10?,11-,12-/m0/s1. The van der Waals surface area contributed by atoms with Crippen LogP contribution in [0, 0.1) is 0 Å². The van der Waals surface area contributed by atoms with Gasteiger partial charge >= 0.3 is 12.0 Å². The normalized spacial score (nSPS) is 28.4. The molecule has 0 aromatic rings. The maximum absolute atomic E-state index is 12.2. The summed E-state index contributed by atoms with van der Waals surface area (Å²) in [4.78, 5) is 26.8. The molecule has 21 heavy (non-hydrogen) atoms. The van der Waals surface area contributed by atoms with Crippen LogP contribution in [-0.4, -0.2) is 76.4 Å². The molecule has 120 valence electrons. The molecule has 2 aliphatic heterocycles. The zero-order valence-corrected chi connectivity index (χ0v) is 12.5. The van der Waals surface area contributed by atoms with E-state index in [-0.39, 0.29) is 19.0 Å². The second kappa shape index (κ2) is 7.09. The van der Waals surface area contributed by atoms with Gasteiger partial charge in [-0.3, -0.25) is 0 Å². The van der Waals surface area contributed by atoms with Crippen molar-refractivity contribution in [1.29, 1.82) is 0 Å². The van der Waals surface area contributed by atoms with Crippen molar-refractivity contribution < 1.29 is 19.8 Å². The minimum atomic E-state index is -1.06. The van der Waals surface area contributed by atoms with Gasteiger partial charge in [0.25, 0.3) is 0 Å². The van der Waals surface area contributed by atoms with E-state index in [1.165, 1.54) is 24.2 Å². The Morgan fingerprint density at radius 2 is 1.95 bits per heavy atom. The van der Waals surface area contributed by atoms with E-state index >= 15 is 0 Å². The van der Waals surface area contributed by atoms with Gasteiger partial charge in [-0.25, -0.2) is 9.59 Å². The van der Waals surface area contributed by atoms with Crippen LogP contribution in [0.15, 0.2) is 0 Å². The van der Waals surface area contributed by atoms with E-state index in [1.54, 1.807) is 0 Å². The fourth-order valence-electron chi connectivity index (χ4n) is 3.14. The summed E-state index contributed by atoms with van der Waals surface area (Å²) in [5.41, 5.74) is 0. The Morgan fingerprint density at radius 3 is 2.57 bits per heavy atom. The lowest BCUT2D eigenvalue weighted by Gasteiger charge is -2.30. The Kier molecular flexibility index (Phi) is 5.41. The quantitative estimate of drug-likeness (QED) is 0.684.